The Bertz CT molecular complexity index is 1330. The predicted molar refractivity (Wildman–Crippen MR) is 122 cm³/mol. The molecule has 9 heteroatoms. The zero-order valence-corrected chi connectivity index (χ0v) is 18.6. The van der Waals surface area contributed by atoms with Gasteiger partial charge in [-0.3, -0.25) is 9.78 Å². The van der Waals surface area contributed by atoms with Crippen LogP contribution in [0.1, 0.15) is 29.7 Å². The fraction of sp³-hybridized carbons (Fsp3) is 0.458. The number of alkyl halides is 2. The molecule has 3 aromatic heterocycles. The molecule has 1 spiro atoms. The number of rotatable bonds is 3. The number of anilines is 3. The Kier molecular flexibility index (Phi) is 4.49. The lowest BCUT2D eigenvalue weighted by Gasteiger charge is -2.55. The number of hydrogen-bond donors (Lipinski definition) is 0. The molecule has 2 saturated heterocycles. The number of fused-ring (bicyclic) bond motifs is 2. The summed E-state index contributed by atoms with van der Waals surface area (Å²) in [5, 5.41) is 0.830. The number of nitrogens with zero attached hydrogens (tertiary/aromatic N) is 5. The molecule has 0 N–H and O–H groups in total. The highest BCUT2D eigenvalue weighted by atomic mass is 19.3. The Morgan fingerprint density at radius 2 is 1.97 bits per heavy atom. The summed E-state index contributed by atoms with van der Waals surface area (Å²) < 4.78 is 34.0. The van der Waals surface area contributed by atoms with Crippen LogP contribution in [-0.2, 0) is 18.2 Å². The van der Waals surface area contributed by atoms with E-state index in [-0.39, 0.29) is 16.5 Å². The molecular weight excluding hydrogens is 428 g/mol. The fourth-order valence-electron chi connectivity index (χ4n) is 5.24. The molecule has 0 aromatic carbocycles. The summed E-state index contributed by atoms with van der Waals surface area (Å²) in [6.07, 6.45) is 0.256. The molecule has 0 atom stereocenters. The van der Waals surface area contributed by atoms with E-state index in [1.807, 2.05) is 17.0 Å². The number of aryl methyl sites for hydroxylation is 3. The summed E-state index contributed by atoms with van der Waals surface area (Å²) in [6, 6.07) is 5.36. The summed E-state index contributed by atoms with van der Waals surface area (Å²) in [7, 11) is 1.77. The zero-order valence-electron chi connectivity index (χ0n) is 18.6. The van der Waals surface area contributed by atoms with Gasteiger partial charge in [-0.1, -0.05) is 0 Å². The first-order chi connectivity index (χ1) is 15.8. The van der Waals surface area contributed by atoms with Crippen LogP contribution >= 0.6 is 0 Å². The average molecular weight is 453 g/mol. The second-order valence-corrected chi connectivity index (χ2v) is 9.57. The van der Waals surface area contributed by atoms with Crippen LogP contribution in [0.4, 0.5) is 26.1 Å². The Hall–Kier alpha value is -3.07. The monoisotopic (exact) mass is 453 g/mol. The van der Waals surface area contributed by atoms with Gasteiger partial charge in [0.1, 0.15) is 11.6 Å². The van der Waals surface area contributed by atoms with Gasteiger partial charge in [-0.2, -0.15) is 0 Å². The van der Waals surface area contributed by atoms with Gasteiger partial charge in [0.15, 0.2) is 0 Å². The Morgan fingerprint density at radius 1 is 1.18 bits per heavy atom. The van der Waals surface area contributed by atoms with Crippen LogP contribution in [-0.4, -0.2) is 47.4 Å². The fourth-order valence-corrected chi connectivity index (χ4v) is 5.24. The van der Waals surface area contributed by atoms with Crippen molar-refractivity contribution in [1.29, 1.82) is 0 Å². The summed E-state index contributed by atoms with van der Waals surface area (Å²) >= 11 is 0. The van der Waals surface area contributed by atoms with E-state index in [9.17, 15) is 13.6 Å². The largest absolute Gasteiger partial charge is 0.380 e. The second kappa shape index (κ2) is 7.21. The lowest BCUT2D eigenvalue weighted by atomic mass is 9.78. The number of hydrogen-bond acceptors (Lipinski definition) is 6. The van der Waals surface area contributed by atoms with Crippen molar-refractivity contribution in [1.82, 2.24) is 14.5 Å². The third-order valence-corrected chi connectivity index (χ3v) is 7.12. The molecule has 0 unspecified atom stereocenters. The van der Waals surface area contributed by atoms with Gasteiger partial charge in [0.05, 0.1) is 35.5 Å². The maximum Gasteiger partial charge on any atom is 0.265 e. The summed E-state index contributed by atoms with van der Waals surface area (Å²) in [4.78, 5) is 26.3. The van der Waals surface area contributed by atoms with E-state index in [0.717, 1.165) is 61.6 Å². The minimum absolute atomic E-state index is 0.0567. The van der Waals surface area contributed by atoms with Crippen LogP contribution < -0.4 is 15.4 Å². The van der Waals surface area contributed by atoms with Crippen LogP contribution in [0.2, 0.25) is 0 Å². The minimum atomic E-state index is -2.59. The molecule has 3 aliphatic heterocycles. The molecule has 0 bridgehead atoms. The lowest BCUT2D eigenvalue weighted by molar-refractivity contribution is -0.127. The predicted octanol–water partition coefficient (Wildman–Crippen LogP) is 3.50. The first-order valence-corrected chi connectivity index (χ1v) is 11.2. The number of ether oxygens (including phenoxy) is 1. The molecule has 2 fully saturated rings. The first-order valence-electron chi connectivity index (χ1n) is 11.2. The highest BCUT2D eigenvalue weighted by molar-refractivity contribution is 5.95. The van der Waals surface area contributed by atoms with Gasteiger partial charge >= 0.3 is 0 Å². The van der Waals surface area contributed by atoms with E-state index in [1.54, 1.807) is 18.5 Å². The van der Waals surface area contributed by atoms with E-state index in [1.165, 1.54) is 12.3 Å². The third-order valence-electron chi connectivity index (χ3n) is 7.12. The van der Waals surface area contributed by atoms with Crippen LogP contribution in [0.15, 0.2) is 29.2 Å². The summed E-state index contributed by atoms with van der Waals surface area (Å²) in [5.41, 5.74) is 2.92. The van der Waals surface area contributed by atoms with E-state index in [4.69, 9.17) is 9.72 Å². The Morgan fingerprint density at radius 3 is 2.67 bits per heavy atom. The molecule has 172 valence electrons. The molecule has 6 heterocycles. The molecule has 0 amide bonds. The van der Waals surface area contributed by atoms with Crippen molar-refractivity contribution in [2.24, 2.45) is 12.5 Å². The smallest absolute Gasteiger partial charge is 0.265 e. The molecule has 33 heavy (non-hydrogen) atoms. The number of aromatic nitrogens is 3. The molecule has 7 nitrogen and oxygen atoms in total. The van der Waals surface area contributed by atoms with Gasteiger partial charge in [0.2, 0.25) is 0 Å². The normalized spacial score (nSPS) is 19.1. The van der Waals surface area contributed by atoms with Gasteiger partial charge in [-0.25, -0.2) is 13.8 Å². The van der Waals surface area contributed by atoms with Crippen LogP contribution in [0.25, 0.3) is 10.9 Å². The van der Waals surface area contributed by atoms with Crippen LogP contribution in [0, 0.1) is 12.3 Å². The van der Waals surface area contributed by atoms with Crippen molar-refractivity contribution in [2.75, 3.05) is 42.6 Å². The maximum absolute atomic E-state index is 13.5. The van der Waals surface area contributed by atoms with Crippen molar-refractivity contribution in [3.8, 4) is 0 Å². The molecule has 0 radical (unpaired) electrons. The van der Waals surface area contributed by atoms with Crippen molar-refractivity contribution in [2.45, 2.75) is 26.2 Å². The lowest BCUT2D eigenvalue weighted by Crippen LogP contribution is -2.66. The van der Waals surface area contributed by atoms with Crippen LogP contribution in [0.5, 0.6) is 0 Å². The van der Waals surface area contributed by atoms with Crippen molar-refractivity contribution >= 4 is 28.2 Å². The third kappa shape index (κ3) is 3.13. The maximum atomic E-state index is 13.5. The zero-order chi connectivity index (χ0) is 22.9. The van der Waals surface area contributed by atoms with Crippen LogP contribution in [0.3, 0.4) is 0 Å². The highest BCUT2D eigenvalue weighted by Gasteiger charge is 2.49. The van der Waals surface area contributed by atoms with Crippen molar-refractivity contribution in [3.63, 3.8) is 0 Å². The van der Waals surface area contributed by atoms with Gasteiger partial charge < -0.3 is 19.1 Å². The summed E-state index contributed by atoms with van der Waals surface area (Å²) in [5.74, 6) is 1.47. The molecule has 3 aliphatic rings. The van der Waals surface area contributed by atoms with Crippen molar-refractivity contribution in [3.05, 3.63) is 51.6 Å². The SMILES string of the molecule is Cc1cc2c(N3CCCc4ncc(C(F)F)cc43)nc(N3CC4(COC4)C3)cc2n(C)c1=O. The molecular formula is C24H25F2N5O2. The van der Waals surface area contributed by atoms with Gasteiger partial charge in [-0.05, 0) is 31.9 Å². The number of halogens is 2. The van der Waals surface area contributed by atoms with Crippen molar-refractivity contribution < 1.29 is 13.5 Å². The molecule has 0 saturated carbocycles. The number of pyridine rings is 3. The molecule has 3 aromatic rings. The topological polar surface area (TPSA) is 63.5 Å². The highest BCUT2D eigenvalue weighted by Crippen LogP contribution is 2.43. The van der Waals surface area contributed by atoms with Gasteiger partial charge in [-0.15, -0.1) is 0 Å². The van der Waals surface area contributed by atoms with E-state index >= 15 is 0 Å². The Labute approximate surface area is 189 Å². The Balaban J connectivity index is 1.53. The standard InChI is InChI=1S/C24H25F2N5O2/c1-14-6-16-18(29(2)23(14)32)8-20(30-10-24(11-30)12-33-13-24)28-22(16)31-5-3-4-17-19(31)7-15(9-27-17)21(25)26/h6-9,21H,3-5,10-13H2,1-2H3. The van der Waals surface area contributed by atoms with Gasteiger partial charge in [0.25, 0.3) is 12.0 Å². The second-order valence-electron chi connectivity index (χ2n) is 9.57. The average Bonchev–Trinajstić information content (AvgIpc) is 2.75. The minimum Gasteiger partial charge on any atom is -0.380 e. The molecule has 0 aliphatic carbocycles. The quantitative estimate of drug-likeness (QED) is 0.605. The van der Waals surface area contributed by atoms with Gasteiger partial charge in [0, 0.05) is 55.5 Å². The first kappa shape index (κ1) is 20.5. The van der Waals surface area contributed by atoms with E-state index in [2.05, 4.69) is 9.88 Å². The summed E-state index contributed by atoms with van der Waals surface area (Å²) in [6.45, 7) is 5.69. The van der Waals surface area contributed by atoms with E-state index in [0.29, 0.717) is 23.6 Å². The molecule has 6 rings (SSSR count). The van der Waals surface area contributed by atoms with E-state index < -0.39 is 6.43 Å².